The summed E-state index contributed by atoms with van der Waals surface area (Å²) in [6.45, 7) is 4.36. The molecule has 216 valence electrons. The molecular weight excluding hydrogens is 527 g/mol. The quantitative estimate of drug-likeness (QED) is 0.228. The number of ether oxygens (including phenoxy) is 1. The number of halogens is 1. The van der Waals surface area contributed by atoms with Crippen LogP contribution in [0.1, 0.15) is 42.5 Å². The molecule has 6 N–H and O–H groups in total. The Labute approximate surface area is 229 Å². The molecule has 1 aliphatic rings. The Hall–Kier alpha value is -4.00. The van der Waals surface area contributed by atoms with Crippen molar-refractivity contribution in [3.63, 3.8) is 0 Å². The van der Waals surface area contributed by atoms with Crippen molar-refractivity contribution >= 4 is 28.8 Å². The van der Waals surface area contributed by atoms with E-state index in [0.717, 1.165) is 30.9 Å². The Morgan fingerprint density at radius 2 is 1.65 bits per heavy atom. The molecule has 40 heavy (non-hydrogen) atoms. The number of H-pyrrole nitrogens is 1. The molecule has 0 bridgehead atoms. The number of carboxylic acids is 3. The van der Waals surface area contributed by atoms with Crippen molar-refractivity contribution in [1.29, 1.82) is 0 Å². The number of rotatable bonds is 9. The monoisotopic (exact) mass is 560 g/mol. The molecule has 12 heteroatoms. The number of aromatic nitrogens is 1. The van der Waals surface area contributed by atoms with Crippen molar-refractivity contribution in [2.45, 2.75) is 50.4 Å². The lowest BCUT2D eigenvalue weighted by atomic mass is 9.84. The summed E-state index contributed by atoms with van der Waals surface area (Å²) >= 11 is 0. The Morgan fingerprint density at radius 1 is 1.05 bits per heavy atom. The van der Waals surface area contributed by atoms with Gasteiger partial charge in [-0.15, -0.1) is 0 Å². The van der Waals surface area contributed by atoms with E-state index < -0.39 is 42.0 Å². The minimum absolute atomic E-state index is 0.325. The number of carbonyl (C=O) groups is 3. The van der Waals surface area contributed by atoms with Crippen LogP contribution in [0.4, 0.5) is 4.39 Å². The fourth-order valence-electron chi connectivity index (χ4n) is 4.77. The zero-order valence-electron chi connectivity index (χ0n) is 22.2. The second-order valence-electron chi connectivity index (χ2n) is 9.91. The van der Waals surface area contributed by atoms with Crippen LogP contribution < -0.4 is 4.74 Å². The summed E-state index contributed by atoms with van der Waals surface area (Å²) < 4.78 is 19.4. The van der Waals surface area contributed by atoms with Gasteiger partial charge >= 0.3 is 17.9 Å². The van der Waals surface area contributed by atoms with Crippen molar-refractivity contribution in [2.75, 3.05) is 20.2 Å². The first kappa shape index (κ1) is 30.5. The average molecular weight is 561 g/mol. The molecule has 4 rings (SSSR count). The molecule has 1 fully saturated rings. The molecule has 0 spiro atoms. The van der Waals surface area contributed by atoms with Crippen LogP contribution in [-0.2, 0) is 26.5 Å². The molecule has 2 aromatic carbocycles. The van der Waals surface area contributed by atoms with E-state index in [1.165, 1.54) is 22.7 Å². The first-order valence-electron chi connectivity index (χ1n) is 12.5. The lowest BCUT2D eigenvalue weighted by molar-refractivity contribution is -0.170. The van der Waals surface area contributed by atoms with Gasteiger partial charge in [-0.05, 0) is 49.6 Å². The normalized spacial score (nSPS) is 15.2. The number of aliphatic carboxylic acids is 3. The Bertz CT molecular complexity index is 1360. The molecule has 1 aromatic heterocycles. The largest absolute Gasteiger partial charge is 0.497 e. The number of likely N-dealkylation sites (tertiary alicyclic amines) is 1. The van der Waals surface area contributed by atoms with Gasteiger partial charge in [-0.3, -0.25) is 14.5 Å². The van der Waals surface area contributed by atoms with Gasteiger partial charge in [0.15, 0.2) is 5.60 Å². The highest BCUT2D eigenvalue weighted by atomic mass is 19.1. The van der Waals surface area contributed by atoms with E-state index in [1.54, 1.807) is 25.3 Å². The van der Waals surface area contributed by atoms with Gasteiger partial charge in [0.25, 0.3) is 0 Å². The molecule has 0 unspecified atom stereocenters. The van der Waals surface area contributed by atoms with Gasteiger partial charge < -0.3 is 35.3 Å². The molecular formula is C28H33FN2O9. The van der Waals surface area contributed by atoms with E-state index in [0.29, 0.717) is 18.4 Å². The molecule has 3 aromatic rings. The number of hydrogen-bond acceptors (Lipinski definition) is 7. The topological polar surface area (TPSA) is 181 Å². The molecule has 1 aliphatic heterocycles. The number of benzene rings is 2. The van der Waals surface area contributed by atoms with Crippen molar-refractivity contribution in [3.8, 4) is 5.75 Å². The second kappa shape index (κ2) is 12.5. The lowest BCUT2D eigenvalue weighted by Gasteiger charge is -2.38. The van der Waals surface area contributed by atoms with Gasteiger partial charge in [0.1, 0.15) is 11.6 Å². The number of aryl methyl sites for hydroxylation is 1. The maximum atomic E-state index is 14.1. The third-order valence-corrected chi connectivity index (χ3v) is 7.09. The predicted molar refractivity (Wildman–Crippen MR) is 141 cm³/mol. The molecule has 11 nitrogen and oxygen atoms in total. The molecule has 0 radical (unpaired) electrons. The number of fused-ring (bicyclic) bond motifs is 1. The smallest absolute Gasteiger partial charge is 0.336 e. The highest BCUT2D eigenvalue weighted by Crippen LogP contribution is 2.35. The van der Waals surface area contributed by atoms with Gasteiger partial charge in [-0.2, -0.15) is 0 Å². The fourth-order valence-corrected chi connectivity index (χ4v) is 4.77. The summed E-state index contributed by atoms with van der Waals surface area (Å²) in [5.41, 5.74) is 0.0951. The number of aromatic amines is 1. The van der Waals surface area contributed by atoms with E-state index in [9.17, 15) is 23.9 Å². The van der Waals surface area contributed by atoms with Crippen LogP contribution >= 0.6 is 0 Å². The average Bonchev–Trinajstić information content (AvgIpc) is 3.19. The summed E-state index contributed by atoms with van der Waals surface area (Å²) in [4.78, 5) is 36.3. The second-order valence-corrected chi connectivity index (χ2v) is 9.91. The Morgan fingerprint density at radius 3 is 2.17 bits per heavy atom. The third-order valence-electron chi connectivity index (χ3n) is 7.09. The van der Waals surface area contributed by atoms with Crippen LogP contribution in [0.5, 0.6) is 5.75 Å². The number of carboxylic acid groups (broad SMARTS) is 3. The standard InChI is InChI=1S/C22H25FN2O2.C6H8O7/c1-15-17-13-16(27-2)7-8-20(17)24-21(15)14-25-11-9-22(26,10-12-25)18-5-3-4-6-19(18)23;7-3(8)1-6(13,5(11)12)2-4(9)10/h3-8,13,24,26H,9-12,14H2,1-2H3;13H,1-2H2,(H,7,8)(H,9,10)(H,11,12). The van der Waals surface area contributed by atoms with Gasteiger partial charge in [-0.1, -0.05) is 18.2 Å². The molecule has 0 aliphatic carbocycles. The zero-order chi connectivity index (χ0) is 29.7. The molecule has 0 atom stereocenters. The highest BCUT2D eigenvalue weighted by molar-refractivity contribution is 5.88. The molecule has 1 saturated heterocycles. The van der Waals surface area contributed by atoms with E-state index in [-0.39, 0.29) is 5.82 Å². The van der Waals surface area contributed by atoms with E-state index in [1.807, 2.05) is 12.1 Å². The first-order valence-corrected chi connectivity index (χ1v) is 12.5. The fraction of sp³-hybridized carbons (Fsp3) is 0.393. The Balaban J connectivity index is 0.000000289. The number of methoxy groups -OCH3 is 1. The van der Waals surface area contributed by atoms with E-state index in [2.05, 4.69) is 22.9 Å². The summed E-state index contributed by atoms with van der Waals surface area (Å²) in [5.74, 6) is -4.49. The van der Waals surface area contributed by atoms with Crippen molar-refractivity contribution in [1.82, 2.24) is 9.88 Å². The third kappa shape index (κ3) is 7.14. The van der Waals surface area contributed by atoms with Gasteiger partial charge in [0, 0.05) is 41.8 Å². The van der Waals surface area contributed by atoms with Crippen molar-refractivity contribution in [2.24, 2.45) is 0 Å². The summed E-state index contributed by atoms with van der Waals surface area (Å²) in [5, 5.41) is 45.9. The minimum atomic E-state index is -2.74. The predicted octanol–water partition coefficient (Wildman–Crippen LogP) is 2.86. The van der Waals surface area contributed by atoms with E-state index in [4.69, 9.17) is 25.2 Å². The van der Waals surface area contributed by atoms with Crippen LogP contribution in [0, 0.1) is 12.7 Å². The van der Waals surface area contributed by atoms with Gasteiger partial charge in [-0.25, -0.2) is 9.18 Å². The van der Waals surface area contributed by atoms with Crippen LogP contribution in [0.3, 0.4) is 0 Å². The SMILES string of the molecule is COc1ccc2[nH]c(CN3CCC(O)(c4ccccc4F)CC3)c(C)c2c1.O=C(O)CC(O)(CC(=O)O)C(=O)O. The number of nitrogens with one attached hydrogen (secondary N) is 1. The van der Waals surface area contributed by atoms with Crippen LogP contribution in [0.2, 0.25) is 0 Å². The maximum Gasteiger partial charge on any atom is 0.336 e. The van der Waals surface area contributed by atoms with Crippen LogP contribution in [0.15, 0.2) is 42.5 Å². The van der Waals surface area contributed by atoms with Crippen LogP contribution in [-0.4, -0.2) is 79.1 Å². The maximum absolute atomic E-state index is 14.1. The number of hydrogen-bond donors (Lipinski definition) is 6. The van der Waals surface area contributed by atoms with Gasteiger partial charge in [0.2, 0.25) is 0 Å². The number of piperidine rings is 1. The van der Waals surface area contributed by atoms with E-state index >= 15 is 0 Å². The van der Waals surface area contributed by atoms with Crippen molar-refractivity contribution in [3.05, 3.63) is 65.1 Å². The number of aliphatic hydroxyl groups is 2. The minimum Gasteiger partial charge on any atom is -0.497 e. The molecule has 0 saturated carbocycles. The van der Waals surface area contributed by atoms with Crippen molar-refractivity contribution < 1.29 is 49.0 Å². The lowest BCUT2D eigenvalue weighted by Crippen LogP contribution is -2.42. The Kier molecular flexibility index (Phi) is 9.51. The van der Waals surface area contributed by atoms with Crippen LogP contribution in [0.25, 0.3) is 10.9 Å². The summed E-state index contributed by atoms with van der Waals surface area (Å²) in [6.07, 6.45) is -1.23. The zero-order valence-corrected chi connectivity index (χ0v) is 22.2. The number of nitrogens with zero attached hydrogens (tertiary/aromatic N) is 1. The molecule has 0 amide bonds. The summed E-state index contributed by atoms with van der Waals surface area (Å²) in [6, 6.07) is 12.6. The summed E-state index contributed by atoms with van der Waals surface area (Å²) in [7, 11) is 1.68. The van der Waals surface area contributed by atoms with Gasteiger partial charge in [0.05, 0.1) is 25.6 Å². The first-order chi connectivity index (χ1) is 18.8. The highest BCUT2D eigenvalue weighted by Gasteiger charge is 2.41. The molecule has 2 heterocycles.